The fourth-order valence-electron chi connectivity index (χ4n) is 4.48. The molecule has 1 amide bonds. The van der Waals surface area contributed by atoms with Gasteiger partial charge in [0.2, 0.25) is 0 Å². The number of carbonyl (C=O) groups is 4. The summed E-state index contributed by atoms with van der Waals surface area (Å²) < 4.78 is 22.3. The van der Waals surface area contributed by atoms with Gasteiger partial charge in [0.05, 0.1) is 17.9 Å². The molecule has 4 rings (SSSR count). The predicted molar refractivity (Wildman–Crippen MR) is 136 cm³/mol. The number of amides is 1. The molecule has 1 aliphatic heterocycles. The second-order valence-electron chi connectivity index (χ2n) is 10.3. The van der Waals surface area contributed by atoms with Crippen LogP contribution in [0.1, 0.15) is 67.2 Å². The number of carbonyl (C=O) groups excluding carboxylic acids is 3. The molecule has 38 heavy (non-hydrogen) atoms. The number of fused-ring (bicyclic) bond motifs is 2. The van der Waals surface area contributed by atoms with Crippen LogP contribution in [0, 0.1) is 5.92 Å². The topological polar surface area (TPSA) is 129 Å². The molecule has 0 saturated heterocycles. The summed E-state index contributed by atoms with van der Waals surface area (Å²) in [4.78, 5) is 51.7. The lowest BCUT2D eigenvalue weighted by atomic mass is 10.1. The first-order valence-electron chi connectivity index (χ1n) is 12.5. The number of nitrogens with zero attached hydrogens (tertiary/aromatic N) is 1. The van der Waals surface area contributed by atoms with Crippen LogP contribution in [0.2, 0.25) is 0 Å². The third kappa shape index (κ3) is 6.42. The van der Waals surface area contributed by atoms with E-state index in [4.69, 9.17) is 24.1 Å². The number of aliphatic carboxylic acids is 1. The largest absolute Gasteiger partial charge is 0.481 e. The molecular formula is C28H31NO9. The first-order chi connectivity index (χ1) is 18.0. The minimum atomic E-state index is -1.22. The Morgan fingerprint density at radius 2 is 1.82 bits per heavy atom. The second-order valence-corrected chi connectivity index (χ2v) is 10.3. The lowest BCUT2D eigenvalue weighted by molar-refractivity contribution is -0.152. The number of hydrogen-bond donors (Lipinski definition) is 1. The highest BCUT2D eigenvalue weighted by Crippen LogP contribution is 2.42. The Bertz CT molecular complexity index is 1240. The van der Waals surface area contributed by atoms with Gasteiger partial charge < -0.3 is 24.1 Å². The van der Waals surface area contributed by atoms with E-state index in [0.29, 0.717) is 12.5 Å². The van der Waals surface area contributed by atoms with Crippen molar-refractivity contribution in [3.8, 4) is 17.2 Å². The zero-order valence-electron chi connectivity index (χ0n) is 21.7. The minimum Gasteiger partial charge on any atom is -0.481 e. The van der Waals surface area contributed by atoms with E-state index < -0.39 is 42.6 Å². The molecule has 10 heteroatoms. The Kier molecular flexibility index (Phi) is 7.89. The van der Waals surface area contributed by atoms with Crippen LogP contribution < -0.4 is 14.4 Å². The standard InChI is InChI=1S/C28H31NO9/c1-28(2,3)38-24(32)14-29-19-13-18(27(34)36-15-17-7-4-5-8-17)11-12-20(19)37-22-10-6-9-21(25(22)26(29)33)35-16-23(30)31/h6,9-13,17H,4-5,7-8,14-16H2,1-3H3,(H,30,31). The SMILES string of the molecule is CC(C)(C)OC(=O)CN1C(=O)c2c(OCC(=O)O)cccc2Oc2ccc(C(=O)OCC3CCCC3)cc21. The number of rotatable bonds is 8. The van der Waals surface area contributed by atoms with Crippen molar-refractivity contribution in [2.45, 2.75) is 52.1 Å². The average Bonchev–Trinajstić information content (AvgIpc) is 3.33. The molecule has 1 aliphatic carbocycles. The predicted octanol–water partition coefficient (Wildman–Crippen LogP) is 4.59. The Hall–Kier alpha value is -4.08. The number of esters is 2. The van der Waals surface area contributed by atoms with E-state index in [-0.39, 0.29) is 34.1 Å². The number of hydrogen-bond acceptors (Lipinski definition) is 8. The van der Waals surface area contributed by atoms with E-state index in [9.17, 15) is 19.2 Å². The summed E-state index contributed by atoms with van der Waals surface area (Å²) in [5, 5.41) is 9.06. The zero-order valence-corrected chi connectivity index (χ0v) is 21.7. The zero-order chi connectivity index (χ0) is 27.4. The van der Waals surface area contributed by atoms with Crippen molar-refractivity contribution in [2.24, 2.45) is 5.92 Å². The Labute approximate surface area is 220 Å². The van der Waals surface area contributed by atoms with Gasteiger partial charge >= 0.3 is 17.9 Å². The van der Waals surface area contributed by atoms with Gasteiger partial charge in [-0.25, -0.2) is 9.59 Å². The highest BCUT2D eigenvalue weighted by Gasteiger charge is 2.34. The van der Waals surface area contributed by atoms with E-state index in [2.05, 4.69) is 0 Å². The van der Waals surface area contributed by atoms with Gasteiger partial charge in [0, 0.05) is 0 Å². The van der Waals surface area contributed by atoms with Gasteiger partial charge in [0.1, 0.15) is 29.2 Å². The van der Waals surface area contributed by atoms with Crippen molar-refractivity contribution in [3.63, 3.8) is 0 Å². The molecule has 2 aromatic rings. The summed E-state index contributed by atoms with van der Waals surface area (Å²) in [5.41, 5.74) is -0.499. The molecule has 0 spiro atoms. The monoisotopic (exact) mass is 525 g/mol. The number of ether oxygens (including phenoxy) is 4. The van der Waals surface area contributed by atoms with Crippen LogP contribution >= 0.6 is 0 Å². The van der Waals surface area contributed by atoms with E-state index in [1.54, 1.807) is 26.8 Å². The summed E-state index contributed by atoms with van der Waals surface area (Å²) >= 11 is 0. The maximum atomic E-state index is 13.8. The molecule has 0 radical (unpaired) electrons. The molecule has 1 fully saturated rings. The fraction of sp³-hybridized carbons (Fsp3) is 0.429. The third-order valence-corrected chi connectivity index (χ3v) is 6.14. The van der Waals surface area contributed by atoms with Gasteiger partial charge in [-0.3, -0.25) is 14.5 Å². The molecule has 2 aliphatic rings. The molecule has 1 heterocycles. The van der Waals surface area contributed by atoms with Gasteiger partial charge in [-0.15, -0.1) is 0 Å². The lowest BCUT2D eigenvalue weighted by Crippen LogP contribution is -2.38. The molecule has 2 aromatic carbocycles. The van der Waals surface area contributed by atoms with Crippen molar-refractivity contribution < 1.29 is 43.2 Å². The molecule has 1 saturated carbocycles. The van der Waals surface area contributed by atoms with Gasteiger partial charge in [-0.2, -0.15) is 0 Å². The Morgan fingerprint density at radius 1 is 1.08 bits per heavy atom. The minimum absolute atomic E-state index is 0.0203. The fourth-order valence-corrected chi connectivity index (χ4v) is 4.48. The molecule has 10 nitrogen and oxygen atoms in total. The average molecular weight is 526 g/mol. The van der Waals surface area contributed by atoms with Crippen LogP contribution in [-0.4, -0.2) is 54.3 Å². The van der Waals surface area contributed by atoms with Crippen LogP contribution in [0.25, 0.3) is 0 Å². The first kappa shape index (κ1) is 27.0. The normalized spacial score (nSPS) is 15.1. The quantitative estimate of drug-likeness (QED) is 0.492. The van der Waals surface area contributed by atoms with E-state index in [1.165, 1.54) is 30.3 Å². The molecule has 0 aromatic heterocycles. The van der Waals surface area contributed by atoms with Crippen molar-refractivity contribution in [2.75, 3.05) is 24.7 Å². The van der Waals surface area contributed by atoms with Crippen molar-refractivity contribution in [1.29, 1.82) is 0 Å². The molecule has 1 N–H and O–H groups in total. The van der Waals surface area contributed by atoms with Crippen molar-refractivity contribution >= 4 is 29.5 Å². The molecular weight excluding hydrogens is 494 g/mol. The van der Waals surface area contributed by atoms with E-state index in [1.807, 2.05) is 0 Å². The first-order valence-corrected chi connectivity index (χ1v) is 12.5. The van der Waals surface area contributed by atoms with Gasteiger partial charge in [-0.05, 0) is 69.9 Å². The smallest absolute Gasteiger partial charge is 0.341 e. The van der Waals surface area contributed by atoms with E-state index in [0.717, 1.165) is 30.6 Å². The highest BCUT2D eigenvalue weighted by atomic mass is 16.6. The Morgan fingerprint density at radius 3 is 2.50 bits per heavy atom. The number of carboxylic acid groups (broad SMARTS) is 1. The molecule has 202 valence electrons. The van der Waals surface area contributed by atoms with Crippen LogP contribution in [-0.2, 0) is 19.1 Å². The van der Waals surface area contributed by atoms with Crippen LogP contribution in [0.4, 0.5) is 5.69 Å². The maximum Gasteiger partial charge on any atom is 0.341 e. The van der Waals surface area contributed by atoms with Crippen LogP contribution in [0.15, 0.2) is 36.4 Å². The van der Waals surface area contributed by atoms with E-state index >= 15 is 0 Å². The summed E-state index contributed by atoms with van der Waals surface area (Å²) in [6, 6.07) is 9.03. The van der Waals surface area contributed by atoms with Gasteiger partial charge in [-0.1, -0.05) is 18.9 Å². The summed E-state index contributed by atoms with van der Waals surface area (Å²) in [6.45, 7) is 4.27. The summed E-state index contributed by atoms with van der Waals surface area (Å²) in [5.74, 6) is -2.48. The van der Waals surface area contributed by atoms with Gasteiger partial charge in [0.15, 0.2) is 12.4 Å². The van der Waals surface area contributed by atoms with Gasteiger partial charge in [0.25, 0.3) is 5.91 Å². The number of anilines is 1. The molecule has 0 bridgehead atoms. The van der Waals surface area contributed by atoms with Crippen LogP contribution in [0.5, 0.6) is 17.2 Å². The number of benzene rings is 2. The Balaban J connectivity index is 1.70. The summed E-state index contributed by atoms with van der Waals surface area (Å²) in [6.07, 6.45) is 4.29. The maximum absolute atomic E-state index is 13.8. The lowest BCUT2D eigenvalue weighted by Gasteiger charge is -2.25. The number of carboxylic acids is 1. The molecule has 0 atom stereocenters. The highest BCUT2D eigenvalue weighted by molar-refractivity contribution is 6.13. The molecule has 0 unspecified atom stereocenters. The van der Waals surface area contributed by atoms with Crippen molar-refractivity contribution in [1.82, 2.24) is 0 Å². The second kappa shape index (κ2) is 11.1. The van der Waals surface area contributed by atoms with Crippen LogP contribution in [0.3, 0.4) is 0 Å². The third-order valence-electron chi connectivity index (χ3n) is 6.14. The summed E-state index contributed by atoms with van der Waals surface area (Å²) in [7, 11) is 0. The van der Waals surface area contributed by atoms with Crippen molar-refractivity contribution in [3.05, 3.63) is 47.5 Å².